The van der Waals surface area contributed by atoms with Crippen molar-refractivity contribution in [3.05, 3.63) is 83.4 Å². The van der Waals surface area contributed by atoms with E-state index in [0.29, 0.717) is 8.58 Å². The molecule has 0 saturated heterocycles. The van der Waals surface area contributed by atoms with Gasteiger partial charge in [0.05, 0.1) is 0 Å². The fourth-order valence-corrected chi connectivity index (χ4v) is 6.02. The number of ether oxygens (including phenoxy) is 2. The molecule has 0 aliphatic heterocycles. The monoisotopic (exact) mass is 438 g/mol. The molecule has 30 heavy (non-hydrogen) atoms. The molecule has 0 fully saturated rings. The summed E-state index contributed by atoms with van der Waals surface area (Å²) in [6.45, 7) is 9.19. The summed E-state index contributed by atoms with van der Waals surface area (Å²) in [6.07, 6.45) is 1.07. The Bertz CT molecular complexity index is 963. The summed E-state index contributed by atoms with van der Waals surface area (Å²) >= 11 is 0. The third-order valence-electron chi connectivity index (χ3n) is 5.01. The fourth-order valence-electron chi connectivity index (χ4n) is 3.30. The molecule has 0 bridgehead atoms. The molecule has 0 heterocycles. The zero-order valence-electron chi connectivity index (χ0n) is 18.6. The van der Waals surface area contributed by atoms with Gasteiger partial charge in [-0.3, -0.25) is 0 Å². The van der Waals surface area contributed by atoms with Crippen LogP contribution in [0.15, 0.2) is 66.7 Å². The number of rotatable bonds is 8. The van der Waals surface area contributed by atoms with Gasteiger partial charge in [0.2, 0.25) is 0 Å². The highest BCUT2D eigenvalue weighted by Crippen LogP contribution is 2.31. The summed E-state index contributed by atoms with van der Waals surface area (Å²) in [6, 6.07) is 24.2. The maximum absolute atomic E-state index is 6.01. The van der Waals surface area contributed by atoms with Crippen LogP contribution >= 0.6 is 17.2 Å². The van der Waals surface area contributed by atoms with Crippen LogP contribution in [0.1, 0.15) is 37.5 Å². The second kappa shape index (κ2) is 10.5. The second-order valence-electron chi connectivity index (χ2n) is 8.47. The van der Waals surface area contributed by atoms with Gasteiger partial charge < -0.3 is 9.47 Å². The molecular weight excluding hydrogens is 406 g/mol. The van der Waals surface area contributed by atoms with E-state index in [1.54, 1.807) is 7.11 Å². The van der Waals surface area contributed by atoms with Gasteiger partial charge >= 0.3 is 0 Å². The van der Waals surface area contributed by atoms with Gasteiger partial charge in [0.15, 0.2) is 6.79 Å². The Morgan fingerprint density at radius 3 is 2.27 bits per heavy atom. The zero-order chi connectivity index (χ0) is 21.6. The Morgan fingerprint density at radius 1 is 0.867 bits per heavy atom. The molecule has 0 aliphatic rings. The molecule has 3 rings (SSSR count). The Kier molecular flexibility index (Phi) is 8.06. The van der Waals surface area contributed by atoms with Gasteiger partial charge in [0, 0.05) is 12.4 Å². The number of benzene rings is 3. The van der Waals surface area contributed by atoms with E-state index in [9.17, 15) is 0 Å². The summed E-state index contributed by atoms with van der Waals surface area (Å²) in [7, 11) is 2.99. The van der Waals surface area contributed by atoms with Crippen LogP contribution in [-0.4, -0.2) is 13.9 Å². The van der Waals surface area contributed by atoms with Gasteiger partial charge in [-0.25, -0.2) is 0 Å². The normalized spacial score (nSPS) is 12.3. The fraction of sp³-hybridized carbons (Fsp3) is 0.308. The van der Waals surface area contributed by atoms with Crippen LogP contribution in [0.5, 0.6) is 5.75 Å². The topological polar surface area (TPSA) is 18.5 Å². The average Bonchev–Trinajstić information content (AvgIpc) is 2.72. The number of hydrogen-bond donors (Lipinski definition) is 0. The summed E-state index contributed by atoms with van der Waals surface area (Å²) < 4.78 is 11.2. The van der Waals surface area contributed by atoms with Crippen molar-refractivity contribution in [2.24, 2.45) is 0 Å². The van der Waals surface area contributed by atoms with Crippen LogP contribution in [0, 0.1) is 6.92 Å². The largest absolute Gasteiger partial charge is 0.467 e. The second-order valence-corrected chi connectivity index (χ2v) is 11.1. The standard InChI is InChI=1S/C26H32O2P2/c1-19-15-21(26(2,3)4)16-24(25(19)28-18-27-5)30-23-14-10-9-11-20(23)17-29-22-12-7-6-8-13-22/h6-16,29-30H,17-18H2,1-5H3. The molecule has 158 valence electrons. The molecule has 0 spiro atoms. The predicted molar refractivity (Wildman–Crippen MR) is 135 cm³/mol. The van der Waals surface area contributed by atoms with Crippen molar-refractivity contribution >= 4 is 33.1 Å². The molecule has 0 amide bonds. The molecule has 0 aromatic heterocycles. The minimum absolute atomic E-state index is 0.0952. The molecule has 0 aliphatic carbocycles. The van der Waals surface area contributed by atoms with E-state index in [2.05, 4.69) is 94.4 Å². The highest BCUT2D eigenvalue weighted by Gasteiger charge is 2.19. The van der Waals surface area contributed by atoms with Gasteiger partial charge in [-0.1, -0.05) is 98.6 Å². The number of methoxy groups -OCH3 is 1. The van der Waals surface area contributed by atoms with Gasteiger partial charge in [-0.15, -0.1) is 0 Å². The Hall–Kier alpha value is -1.72. The Balaban J connectivity index is 1.92. The van der Waals surface area contributed by atoms with E-state index < -0.39 is 0 Å². The first-order chi connectivity index (χ1) is 14.4. The van der Waals surface area contributed by atoms with E-state index >= 15 is 0 Å². The lowest BCUT2D eigenvalue weighted by Crippen LogP contribution is -2.19. The highest BCUT2D eigenvalue weighted by molar-refractivity contribution is 7.56. The molecule has 0 radical (unpaired) electrons. The first kappa shape index (κ1) is 23.0. The highest BCUT2D eigenvalue weighted by atomic mass is 31.1. The molecule has 2 unspecified atom stereocenters. The minimum Gasteiger partial charge on any atom is -0.467 e. The third-order valence-corrected chi connectivity index (χ3v) is 7.70. The zero-order valence-corrected chi connectivity index (χ0v) is 20.6. The lowest BCUT2D eigenvalue weighted by molar-refractivity contribution is 0.0514. The molecule has 4 heteroatoms. The summed E-state index contributed by atoms with van der Waals surface area (Å²) in [4.78, 5) is 0. The molecule has 0 N–H and O–H groups in total. The molecule has 3 aromatic carbocycles. The van der Waals surface area contributed by atoms with Crippen molar-refractivity contribution in [2.45, 2.75) is 39.3 Å². The van der Waals surface area contributed by atoms with Crippen LogP contribution in [-0.2, 0) is 16.3 Å². The van der Waals surface area contributed by atoms with E-state index in [1.807, 2.05) is 0 Å². The SMILES string of the molecule is COCOc1c(C)cc(C(C)(C)C)cc1Pc1ccccc1CPc1ccccc1. The minimum atomic E-state index is 0.0952. The lowest BCUT2D eigenvalue weighted by atomic mass is 9.86. The van der Waals surface area contributed by atoms with E-state index in [4.69, 9.17) is 9.47 Å². The first-order valence-electron chi connectivity index (χ1n) is 10.3. The molecule has 2 atom stereocenters. The smallest absolute Gasteiger partial charge is 0.188 e. The van der Waals surface area contributed by atoms with Crippen molar-refractivity contribution in [2.75, 3.05) is 13.9 Å². The summed E-state index contributed by atoms with van der Waals surface area (Å²) in [5.74, 6) is 0.962. The van der Waals surface area contributed by atoms with Crippen molar-refractivity contribution in [3.8, 4) is 5.75 Å². The first-order valence-corrected chi connectivity index (χ1v) is 12.5. The Morgan fingerprint density at radius 2 is 1.57 bits per heavy atom. The van der Waals surface area contributed by atoms with Crippen molar-refractivity contribution < 1.29 is 9.47 Å². The van der Waals surface area contributed by atoms with Gasteiger partial charge in [-0.2, -0.15) is 0 Å². The van der Waals surface area contributed by atoms with E-state index in [0.717, 1.165) is 20.5 Å². The average molecular weight is 438 g/mol. The quantitative estimate of drug-likeness (QED) is 0.346. The molecule has 0 saturated carbocycles. The number of hydrogen-bond acceptors (Lipinski definition) is 2. The molecule has 3 aromatic rings. The maximum atomic E-state index is 6.01. The van der Waals surface area contributed by atoms with Crippen LogP contribution in [0.4, 0.5) is 0 Å². The predicted octanol–water partition coefficient (Wildman–Crippen LogP) is 5.41. The van der Waals surface area contributed by atoms with E-state index in [-0.39, 0.29) is 12.2 Å². The van der Waals surface area contributed by atoms with Crippen LogP contribution in [0.25, 0.3) is 0 Å². The van der Waals surface area contributed by atoms with Gasteiger partial charge in [0.1, 0.15) is 5.75 Å². The molecule has 2 nitrogen and oxygen atoms in total. The van der Waals surface area contributed by atoms with Gasteiger partial charge in [-0.05, 0) is 51.9 Å². The van der Waals surface area contributed by atoms with Gasteiger partial charge in [0.25, 0.3) is 0 Å². The number of aryl methyl sites for hydroxylation is 1. The van der Waals surface area contributed by atoms with Crippen molar-refractivity contribution in [1.82, 2.24) is 0 Å². The van der Waals surface area contributed by atoms with Crippen LogP contribution < -0.4 is 20.7 Å². The van der Waals surface area contributed by atoms with Crippen molar-refractivity contribution in [1.29, 1.82) is 0 Å². The van der Waals surface area contributed by atoms with Crippen LogP contribution in [0.2, 0.25) is 0 Å². The molecular formula is C26H32O2P2. The summed E-state index contributed by atoms with van der Waals surface area (Å²) in [5, 5.41) is 4.06. The summed E-state index contributed by atoms with van der Waals surface area (Å²) in [5.41, 5.74) is 4.04. The van der Waals surface area contributed by atoms with E-state index in [1.165, 1.54) is 32.6 Å². The van der Waals surface area contributed by atoms with Crippen LogP contribution in [0.3, 0.4) is 0 Å². The Labute approximate surface area is 185 Å². The van der Waals surface area contributed by atoms with Crippen molar-refractivity contribution in [3.63, 3.8) is 0 Å². The maximum Gasteiger partial charge on any atom is 0.188 e. The third kappa shape index (κ3) is 6.14. The lowest BCUT2D eigenvalue weighted by Gasteiger charge is -2.23.